The van der Waals surface area contributed by atoms with E-state index >= 15 is 0 Å². The number of carbonyl (C=O) groups is 1. The lowest BCUT2D eigenvalue weighted by atomic mass is 9.68. The number of halogens is 2. The van der Waals surface area contributed by atoms with Crippen LogP contribution in [0.4, 0.5) is 4.79 Å². The Balaban J connectivity index is 1.45. The molecule has 34 heavy (non-hydrogen) atoms. The highest BCUT2D eigenvalue weighted by Gasteiger charge is 2.44. The van der Waals surface area contributed by atoms with Crippen molar-refractivity contribution in [2.75, 3.05) is 32.7 Å². The number of nitrogens with zero attached hydrogens (tertiary/aromatic N) is 2. The van der Waals surface area contributed by atoms with Crippen LogP contribution in [-0.2, 0) is 4.74 Å². The first kappa shape index (κ1) is 25.3. The molecule has 0 spiro atoms. The lowest BCUT2D eigenvalue weighted by Crippen LogP contribution is -2.53. The van der Waals surface area contributed by atoms with Crippen molar-refractivity contribution < 1.29 is 14.6 Å². The van der Waals surface area contributed by atoms with Gasteiger partial charge in [-0.05, 0) is 74.9 Å². The van der Waals surface area contributed by atoms with E-state index in [9.17, 15) is 9.90 Å². The second-order valence-corrected chi connectivity index (χ2v) is 11.4. The molecule has 184 valence electrons. The summed E-state index contributed by atoms with van der Waals surface area (Å²) in [6.07, 6.45) is 2.44. The second-order valence-electron chi connectivity index (χ2n) is 10.6. The molecule has 1 saturated heterocycles. The number of benzene rings is 2. The van der Waals surface area contributed by atoms with Crippen molar-refractivity contribution in [3.05, 3.63) is 58.1 Å². The maximum atomic E-state index is 12.4. The predicted octanol–water partition coefficient (Wildman–Crippen LogP) is 6.21. The van der Waals surface area contributed by atoms with E-state index in [1.165, 1.54) is 0 Å². The molecule has 2 aliphatic rings. The number of carbonyl (C=O) groups excluding carboxylic acids is 1. The van der Waals surface area contributed by atoms with Gasteiger partial charge in [0.2, 0.25) is 0 Å². The summed E-state index contributed by atoms with van der Waals surface area (Å²) in [7, 11) is 0. The minimum atomic E-state index is -0.677. The Labute approximate surface area is 212 Å². The molecule has 0 radical (unpaired) electrons. The SMILES string of the molecule is CC(C)(C)OC(=O)N1CCN(CC(c2ccc(-c3cc(Cl)cc(Cl)c3)cc2)C2(O)CCC2)CC1. The van der Waals surface area contributed by atoms with Crippen LogP contribution < -0.4 is 0 Å². The Morgan fingerprint density at radius 3 is 2.09 bits per heavy atom. The molecule has 7 heteroatoms. The monoisotopic (exact) mass is 504 g/mol. The van der Waals surface area contributed by atoms with E-state index < -0.39 is 11.2 Å². The largest absolute Gasteiger partial charge is 0.444 e. The van der Waals surface area contributed by atoms with Crippen LogP contribution in [0, 0.1) is 0 Å². The van der Waals surface area contributed by atoms with Gasteiger partial charge in [-0.25, -0.2) is 4.79 Å². The van der Waals surface area contributed by atoms with Crippen molar-refractivity contribution in [2.45, 2.75) is 57.2 Å². The summed E-state index contributed by atoms with van der Waals surface area (Å²) >= 11 is 12.4. The third-order valence-electron chi connectivity index (χ3n) is 6.84. The highest BCUT2D eigenvalue weighted by atomic mass is 35.5. The molecule has 1 heterocycles. The first-order valence-electron chi connectivity index (χ1n) is 12.0. The molecule has 0 aromatic heterocycles. The minimum absolute atomic E-state index is 0.0197. The molecule has 2 fully saturated rings. The molecule has 5 nitrogen and oxygen atoms in total. The van der Waals surface area contributed by atoms with Gasteiger partial charge in [-0.1, -0.05) is 47.5 Å². The molecule has 1 aliphatic carbocycles. The third kappa shape index (κ3) is 6.06. The lowest BCUT2D eigenvalue weighted by molar-refractivity contribution is -0.0672. The van der Waals surface area contributed by atoms with Gasteiger partial charge in [-0.15, -0.1) is 0 Å². The number of hydrogen-bond acceptors (Lipinski definition) is 4. The predicted molar refractivity (Wildman–Crippen MR) is 138 cm³/mol. The average molecular weight is 505 g/mol. The number of hydrogen-bond donors (Lipinski definition) is 1. The molecule has 2 aromatic rings. The van der Waals surface area contributed by atoms with Crippen LogP contribution in [0.5, 0.6) is 0 Å². The zero-order valence-electron chi connectivity index (χ0n) is 20.2. The van der Waals surface area contributed by atoms with Gasteiger partial charge >= 0.3 is 6.09 Å². The van der Waals surface area contributed by atoms with Crippen molar-refractivity contribution in [1.82, 2.24) is 9.80 Å². The Bertz CT molecular complexity index is 987. The molecule has 1 atom stereocenters. The summed E-state index contributed by atoms with van der Waals surface area (Å²) < 4.78 is 5.52. The summed E-state index contributed by atoms with van der Waals surface area (Å²) in [6, 6.07) is 13.9. The van der Waals surface area contributed by atoms with E-state index in [1.807, 2.05) is 32.9 Å². The summed E-state index contributed by atoms with van der Waals surface area (Å²) in [5.74, 6) is 0.0197. The van der Waals surface area contributed by atoms with E-state index in [0.717, 1.165) is 55.6 Å². The summed E-state index contributed by atoms with van der Waals surface area (Å²) in [4.78, 5) is 16.5. The van der Waals surface area contributed by atoms with Crippen LogP contribution in [0.3, 0.4) is 0 Å². The van der Waals surface area contributed by atoms with Crippen LogP contribution in [-0.4, -0.2) is 64.9 Å². The molecule has 1 N–H and O–H groups in total. The fourth-order valence-corrected chi connectivity index (χ4v) is 5.33. The van der Waals surface area contributed by atoms with E-state index in [-0.39, 0.29) is 12.0 Å². The quantitative estimate of drug-likeness (QED) is 0.525. The van der Waals surface area contributed by atoms with Gasteiger partial charge in [0.15, 0.2) is 0 Å². The van der Waals surface area contributed by atoms with Gasteiger partial charge < -0.3 is 14.7 Å². The highest BCUT2D eigenvalue weighted by Crippen LogP contribution is 2.44. The maximum Gasteiger partial charge on any atom is 0.410 e. The standard InChI is InChI=1S/C27H34Cl2N2O3/c1-26(2,3)34-25(32)31-13-11-30(12-14-31)18-24(27(33)9-4-10-27)20-7-5-19(6-8-20)21-15-22(28)17-23(29)16-21/h5-8,15-17,24,33H,4,9-14,18H2,1-3H3. The van der Waals surface area contributed by atoms with Crippen molar-refractivity contribution in [1.29, 1.82) is 0 Å². The Kier molecular flexibility index (Phi) is 7.49. The second kappa shape index (κ2) is 10.1. The molecule has 1 unspecified atom stereocenters. The Morgan fingerprint density at radius 2 is 1.59 bits per heavy atom. The van der Waals surface area contributed by atoms with E-state index in [1.54, 1.807) is 11.0 Å². The summed E-state index contributed by atoms with van der Waals surface area (Å²) in [5, 5.41) is 12.6. The number of piperazine rings is 1. The maximum absolute atomic E-state index is 12.4. The van der Waals surface area contributed by atoms with Crippen LogP contribution in [0.15, 0.2) is 42.5 Å². The zero-order chi connectivity index (χ0) is 24.5. The van der Waals surface area contributed by atoms with Crippen molar-refractivity contribution in [3.63, 3.8) is 0 Å². The molecule has 4 rings (SSSR count). The third-order valence-corrected chi connectivity index (χ3v) is 7.28. The van der Waals surface area contributed by atoms with Gasteiger partial charge in [-0.3, -0.25) is 4.90 Å². The van der Waals surface area contributed by atoms with Gasteiger partial charge in [0.25, 0.3) is 0 Å². The van der Waals surface area contributed by atoms with Crippen LogP contribution in [0.2, 0.25) is 10.0 Å². The molecule has 1 saturated carbocycles. The van der Waals surface area contributed by atoms with Gasteiger partial charge in [0.1, 0.15) is 5.60 Å². The lowest BCUT2D eigenvalue weighted by Gasteiger charge is -2.46. The number of amides is 1. The average Bonchev–Trinajstić information content (AvgIpc) is 2.74. The topological polar surface area (TPSA) is 53.0 Å². The van der Waals surface area contributed by atoms with Gasteiger partial charge in [-0.2, -0.15) is 0 Å². The van der Waals surface area contributed by atoms with E-state index in [2.05, 4.69) is 29.2 Å². The first-order valence-corrected chi connectivity index (χ1v) is 12.8. The van der Waals surface area contributed by atoms with E-state index in [0.29, 0.717) is 23.1 Å². The van der Waals surface area contributed by atoms with Crippen molar-refractivity contribution >= 4 is 29.3 Å². The fourth-order valence-electron chi connectivity index (χ4n) is 4.80. The molecule has 1 aliphatic heterocycles. The first-order chi connectivity index (χ1) is 16.0. The van der Waals surface area contributed by atoms with Crippen LogP contribution >= 0.6 is 23.2 Å². The van der Waals surface area contributed by atoms with Crippen LogP contribution in [0.25, 0.3) is 11.1 Å². The molecule has 0 bridgehead atoms. The molecular weight excluding hydrogens is 471 g/mol. The number of rotatable bonds is 5. The number of ether oxygens (including phenoxy) is 1. The fraction of sp³-hybridized carbons (Fsp3) is 0.519. The molecular formula is C27H34Cl2N2O3. The summed E-state index contributed by atoms with van der Waals surface area (Å²) in [6.45, 7) is 9.23. The smallest absolute Gasteiger partial charge is 0.410 e. The normalized spacial score (nSPS) is 19.4. The van der Waals surface area contributed by atoms with Crippen molar-refractivity contribution in [2.24, 2.45) is 0 Å². The molecule has 2 aromatic carbocycles. The van der Waals surface area contributed by atoms with Crippen molar-refractivity contribution in [3.8, 4) is 11.1 Å². The van der Waals surface area contributed by atoms with E-state index in [4.69, 9.17) is 27.9 Å². The summed E-state index contributed by atoms with van der Waals surface area (Å²) in [5.41, 5.74) is 1.98. The Morgan fingerprint density at radius 1 is 1.00 bits per heavy atom. The number of aliphatic hydroxyl groups is 1. The highest BCUT2D eigenvalue weighted by molar-refractivity contribution is 6.35. The molecule has 1 amide bonds. The van der Waals surface area contributed by atoms with Gasteiger partial charge in [0, 0.05) is 48.7 Å². The van der Waals surface area contributed by atoms with Crippen LogP contribution in [0.1, 0.15) is 51.5 Å². The Hall–Kier alpha value is -1.79. The zero-order valence-corrected chi connectivity index (χ0v) is 21.7. The minimum Gasteiger partial charge on any atom is -0.444 e. The van der Waals surface area contributed by atoms with Gasteiger partial charge in [0.05, 0.1) is 5.60 Å².